The van der Waals surface area contributed by atoms with Gasteiger partial charge in [0.05, 0.1) is 24.2 Å². The highest BCUT2D eigenvalue weighted by Crippen LogP contribution is 2.57. The fourth-order valence-corrected chi connectivity index (χ4v) is 7.14. The van der Waals surface area contributed by atoms with E-state index in [1.165, 1.54) is 22.9 Å². The molecule has 3 aromatic carbocycles. The number of amides is 2. The number of fused-ring (bicyclic) bond motifs is 3. The summed E-state index contributed by atoms with van der Waals surface area (Å²) >= 11 is 1.44. The summed E-state index contributed by atoms with van der Waals surface area (Å²) in [5.41, 5.74) is 5.16. The van der Waals surface area contributed by atoms with Crippen LogP contribution in [0.4, 0.5) is 11.4 Å². The van der Waals surface area contributed by atoms with Crippen molar-refractivity contribution in [3.8, 4) is 5.75 Å². The Balaban J connectivity index is 1.38. The molecular formula is C29H29N3O3S. The Morgan fingerprint density at radius 1 is 0.972 bits per heavy atom. The molecule has 0 aliphatic carbocycles. The highest BCUT2D eigenvalue weighted by molar-refractivity contribution is 8.03. The molecule has 36 heavy (non-hydrogen) atoms. The lowest BCUT2D eigenvalue weighted by atomic mass is 10.0. The van der Waals surface area contributed by atoms with Crippen LogP contribution >= 0.6 is 11.8 Å². The molecule has 0 bridgehead atoms. The maximum Gasteiger partial charge on any atom is 0.269 e. The van der Waals surface area contributed by atoms with Gasteiger partial charge in [-0.05, 0) is 61.7 Å². The van der Waals surface area contributed by atoms with Crippen LogP contribution in [-0.2, 0) is 27.4 Å². The van der Waals surface area contributed by atoms with Crippen molar-refractivity contribution in [1.82, 2.24) is 4.90 Å². The summed E-state index contributed by atoms with van der Waals surface area (Å²) in [7, 11) is 0. The second-order valence-electron chi connectivity index (χ2n) is 9.47. The van der Waals surface area contributed by atoms with Gasteiger partial charge in [0.2, 0.25) is 10.8 Å². The maximum atomic E-state index is 14.4. The zero-order valence-electron chi connectivity index (χ0n) is 20.5. The van der Waals surface area contributed by atoms with Crippen molar-refractivity contribution in [1.29, 1.82) is 0 Å². The third kappa shape index (κ3) is 3.52. The quantitative estimate of drug-likeness (QED) is 0.506. The summed E-state index contributed by atoms with van der Waals surface area (Å²) in [5.74, 6) is 0.632. The van der Waals surface area contributed by atoms with E-state index in [0.717, 1.165) is 36.5 Å². The van der Waals surface area contributed by atoms with Gasteiger partial charge in [0.1, 0.15) is 5.75 Å². The van der Waals surface area contributed by atoms with E-state index in [0.29, 0.717) is 19.0 Å². The maximum absolute atomic E-state index is 14.4. The average Bonchev–Trinajstić information content (AvgIpc) is 3.30. The molecule has 1 fully saturated rings. The van der Waals surface area contributed by atoms with Crippen molar-refractivity contribution in [2.45, 2.75) is 36.9 Å². The molecule has 1 saturated heterocycles. The molecule has 0 unspecified atom stereocenters. The lowest BCUT2D eigenvalue weighted by molar-refractivity contribution is -0.124. The van der Waals surface area contributed by atoms with Gasteiger partial charge in [0.25, 0.3) is 5.91 Å². The van der Waals surface area contributed by atoms with E-state index in [4.69, 9.17) is 4.74 Å². The summed E-state index contributed by atoms with van der Waals surface area (Å²) in [6.45, 7) is 6.59. The van der Waals surface area contributed by atoms with Gasteiger partial charge in [0, 0.05) is 24.3 Å². The Morgan fingerprint density at radius 2 is 1.69 bits per heavy atom. The molecule has 0 N–H and O–H groups in total. The SMILES string of the molecule is CCOc1ccc(N2C(=O)[C@H](C)S[C@@]23C(=O)N(CN2CCc4ccccc4C2)c2ccccc23)cc1. The van der Waals surface area contributed by atoms with Crippen LogP contribution in [0.1, 0.15) is 30.5 Å². The van der Waals surface area contributed by atoms with E-state index >= 15 is 0 Å². The van der Waals surface area contributed by atoms with Crippen LogP contribution in [0.5, 0.6) is 5.75 Å². The van der Waals surface area contributed by atoms with Crippen LogP contribution < -0.4 is 14.5 Å². The summed E-state index contributed by atoms with van der Waals surface area (Å²) in [6.07, 6.45) is 0.966. The van der Waals surface area contributed by atoms with Crippen LogP contribution in [0, 0.1) is 0 Å². The summed E-state index contributed by atoms with van der Waals surface area (Å²) in [5, 5.41) is -0.338. The largest absolute Gasteiger partial charge is 0.494 e. The Morgan fingerprint density at radius 3 is 2.47 bits per heavy atom. The van der Waals surface area contributed by atoms with Crippen LogP contribution in [0.25, 0.3) is 0 Å². The summed E-state index contributed by atoms with van der Waals surface area (Å²) in [4.78, 5) is 32.8. The normalized spacial score (nSPS) is 23.3. The van der Waals surface area contributed by atoms with Gasteiger partial charge >= 0.3 is 0 Å². The minimum atomic E-state index is -1.12. The number of benzene rings is 3. The van der Waals surface area contributed by atoms with E-state index in [2.05, 4.69) is 29.2 Å². The zero-order valence-corrected chi connectivity index (χ0v) is 21.3. The number of thioether (sulfide) groups is 1. The van der Waals surface area contributed by atoms with E-state index in [1.54, 1.807) is 4.90 Å². The van der Waals surface area contributed by atoms with Crippen molar-refractivity contribution in [3.05, 3.63) is 89.5 Å². The molecule has 2 amide bonds. The first-order chi connectivity index (χ1) is 17.5. The second kappa shape index (κ2) is 8.98. The van der Waals surface area contributed by atoms with Crippen molar-refractivity contribution in [3.63, 3.8) is 0 Å². The third-order valence-corrected chi connectivity index (χ3v) is 8.76. The number of hydrogen-bond donors (Lipinski definition) is 0. The van der Waals surface area contributed by atoms with Gasteiger partial charge < -0.3 is 4.74 Å². The molecule has 6 nitrogen and oxygen atoms in total. The van der Waals surface area contributed by atoms with E-state index in [1.807, 2.05) is 67.3 Å². The van der Waals surface area contributed by atoms with Crippen molar-refractivity contribution in [2.75, 3.05) is 29.6 Å². The molecule has 3 aromatic rings. The van der Waals surface area contributed by atoms with Crippen molar-refractivity contribution < 1.29 is 14.3 Å². The van der Waals surface area contributed by atoms with Gasteiger partial charge in [-0.25, -0.2) is 0 Å². The standard InChI is InChI=1S/C29H29N3O3S/c1-3-35-24-14-12-23(13-15-24)32-27(33)20(2)36-29(32)25-10-6-7-11-26(25)31(28(29)34)19-30-17-16-21-8-4-5-9-22(21)18-30/h4-15,20H,3,16-19H2,1-2H3/t20-,29-/m0/s1. The van der Waals surface area contributed by atoms with Crippen molar-refractivity contribution >= 4 is 35.0 Å². The molecule has 3 heterocycles. The molecule has 7 heteroatoms. The van der Waals surface area contributed by atoms with Crippen LogP contribution in [0.2, 0.25) is 0 Å². The first kappa shape index (κ1) is 23.1. The molecule has 6 rings (SSSR count). The number of hydrogen-bond acceptors (Lipinski definition) is 5. The first-order valence-electron chi connectivity index (χ1n) is 12.5. The van der Waals surface area contributed by atoms with Crippen molar-refractivity contribution in [2.24, 2.45) is 0 Å². The number of rotatable bonds is 5. The molecule has 2 atom stereocenters. The zero-order chi connectivity index (χ0) is 24.9. The topological polar surface area (TPSA) is 53.1 Å². The lowest BCUT2D eigenvalue weighted by Gasteiger charge is -2.35. The first-order valence-corrected chi connectivity index (χ1v) is 13.4. The van der Waals surface area contributed by atoms with Crippen LogP contribution in [0.15, 0.2) is 72.8 Å². The molecule has 0 saturated carbocycles. The van der Waals surface area contributed by atoms with Gasteiger partial charge in [-0.2, -0.15) is 0 Å². The van der Waals surface area contributed by atoms with Gasteiger partial charge in [-0.3, -0.25) is 24.3 Å². The minimum Gasteiger partial charge on any atom is -0.494 e. The van der Waals surface area contributed by atoms with Gasteiger partial charge in [-0.15, -0.1) is 11.8 Å². The Kier molecular flexibility index (Phi) is 5.77. The highest BCUT2D eigenvalue weighted by Gasteiger charge is 2.63. The fourth-order valence-electron chi connectivity index (χ4n) is 5.61. The van der Waals surface area contributed by atoms with Crippen LogP contribution in [0.3, 0.4) is 0 Å². The smallest absolute Gasteiger partial charge is 0.269 e. The molecule has 3 aliphatic rings. The lowest BCUT2D eigenvalue weighted by Crippen LogP contribution is -2.52. The number of carbonyl (C=O) groups excluding carboxylic acids is 2. The number of ether oxygens (including phenoxy) is 1. The Labute approximate surface area is 215 Å². The predicted octanol–water partition coefficient (Wildman–Crippen LogP) is 4.77. The van der Waals surface area contributed by atoms with E-state index in [9.17, 15) is 9.59 Å². The number of carbonyl (C=O) groups is 2. The van der Waals surface area contributed by atoms with Crippen LogP contribution in [-0.4, -0.2) is 41.8 Å². The molecular weight excluding hydrogens is 470 g/mol. The number of anilines is 2. The van der Waals surface area contributed by atoms with Gasteiger partial charge in [-0.1, -0.05) is 42.5 Å². The predicted molar refractivity (Wildman–Crippen MR) is 143 cm³/mol. The minimum absolute atomic E-state index is 0.0546. The molecule has 184 valence electrons. The monoisotopic (exact) mass is 499 g/mol. The molecule has 3 aliphatic heterocycles. The van der Waals surface area contributed by atoms with E-state index < -0.39 is 4.87 Å². The highest BCUT2D eigenvalue weighted by atomic mass is 32.2. The summed E-state index contributed by atoms with van der Waals surface area (Å²) < 4.78 is 5.60. The summed E-state index contributed by atoms with van der Waals surface area (Å²) in [6, 6.07) is 23.9. The molecule has 0 radical (unpaired) electrons. The average molecular weight is 500 g/mol. The van der Waals surface area contributed by atoms with E-state index in [-0.39, 0.29) is 17.1 Å². The Bertz CT molecular complexity index is 1330. The van der Waals surface area contributed by atoms with Gasteiger partial charge in [0.15, 0.2) is 0 Å². The number of nitrogens with zero attached hydrogens (tertiary/aromatic N) is 3. The second-order valence-corrected chi connectivity index (χ2v) is 11.0. The fraction of sp³-hybridized carbons (Fsp3) is 0.310. The Hall–Kier alpha value is -3.29. The molecule has 1 spiro atoms. The molecule has 0 aromatic heterocycles. The number of para-hydroxylation sites is 1. The third-order valence-electron chi connectivity index (χ3n) is 7.28.